The van der Waals surface area contributed by atoms with Gasteiger partial charge in [0, 0.05) is 0 Å². The van der Waals surface area contributed by atoms with Gasteiger partial charge >= 0.3 is 0 Å². The number of rotatable bonds is 1. The number of para-hydroxylation sites is 1. The van der Waals surface area contributed by atoms with Crippen molar-refractivity contribution in [1.82, 2.24) is 0 Å². The van der Waals surface area contributed by atoms with Crippen molar-refractivity contribution >= 4 is 5.69 Å². The van der Waals surface area contributed by atoms with Crippen molar-refractivity contribution in [3.63, 3.8) is 0 Å². The molecule has 1 N–H and O–H groups in total. The molecule has 1 rings (SSSR count). The second-order valence-corrected chi connectivity index (χ2v) is 1.92. The second-order valence-electron chi connectivity index (χ2n) is 1.92. The third-order valence-electron chi connectivity index (χ3n) is 1.18. The van der Waals surface area contributed by atoms with Crippen LogP contribution in [0.2, 0.25) is 0 Å². The van der Waals surface area contributed by atoms with Crippen LogP contribution in [0, 0.1) is 5.21 Å². The molecule has 0 saturated heterocycles. The van der Waals surface area contributed by atoms with Crippen LogP contribution >= 0.6 is 0 Å². The molecular formula is C7H9NO. The fraction of sp³-hybridized carbons (Fsp3) is 0.143. The van der Waals surface area contributed by atoms with Crippen LogP contribution < -0.4 is 5.06 Å². The third-order valence-corrected chi connectivity index (χ3v) is 1.18. The van der Waals surface area contributed by atoms with Gasteiger partial charge in [0.1, 0.15) is 5.69 Å². The highest BCUT2D eigenvalue weighted by Crippen LogP contribution is 1.96. The Morgan fingerprint density at radius 2 is 1.78 bits per heavy atom. The van der Waals surface area contributed by atoms with Crippen molar-refractivity contribution in [2.45, 2.75) is 0 Å². The van der Waals surface area contributed by atoms with Crippen molar-refractivity contribution < 1.29 is 5.06 Å². The minimum absolute atomic E-state index is 0.121. The van der Waals surface area contributed by atoms with E-state index >= 15 is 0 Å². The van der Waals surface area contributed by atoms with E-state index < -0.39 is 0 Å². The van der Waals surface area contributed by atoms with E-state index in [-0.39, 0.29) is 5.06 Å². The Morgan fingerprint density at radius 1 is 1.22 bits per heavy atom. The fourth-order valence-electron chi connectivity index (χ4n) is 0.673. The number of hydrogen-bond donors (Lipinski definition) is 1. The van der Waals surface area contributed by atoms with Crippen LogP contribution in [-0.4, -0.2) is 7.05 Å². The topological polar surface area (TPSA) is 27.5 Å². The Bertz CT molecular complexity index is 172. The molecule has 0 aliphatic carbocycles. The van der Waals surface area contributed by atoms with Crippen molar-refractivity contribution in [2.24, 2.45) is 0 Å². The van der Waals surface area contributed by atoms with Crippen molar-refractivity contribution in [3.8, 4) is 0 Å². The minimum Gasteiger partial charge on any atom is -0.629 e. The molecule has 0 bridgehead atoms. The van der Waals surface area contributed by atoms with Gasteiger partial charge in [-0.1, -0.05) is 18.2 Å². The van der Waals surface area contributed by atoms with Gasteiger partial charge in [0.25, 0.3) is 0 Å². The summed E-state index contributed by atoms with van der Waals surface area (Å²) in [5.74, 6) is 0. The maximum absolute atomic E-state index is 10.6. The highest BCUT2D eigenvalue weighted by molar-refractivity contribution is 5.27. The summed E-state index contributed by atoms with van der Waals surface area (Å²) >= 11 is 0. The van der Waals surface area contributed by atoms with Crippen LogP contribution in [0.4, 0.5) is 5.69 Å². The van der Waals surface area contributed by atoms with Gasteiger partial charge in [-0.2, -0.15) is 0 Å². The molecule has 1 aromatic carbocycles. The van der Waals surface area contributed by atoms with Crippen LogP contribution in [-0.2, 0) is 0 Å². The summed E-state index contributed by atoms with van der Waals surface area (Å²) in [5.41, 5.74) is 0.775. The molecule has 0 spiro atoms. The number of hydroxylamine groups is 1. The van der Waals surface area contributed by atoms with E-state index in [2.05, 4.69) is 0 Å². The lowest BCUT2D eigenvalue weighted by atomic mass is 10.3. The lowest BCUT2D eigenvalue weighted by molar-refractivity contribution is -0.751. The predicted octanol–water partition coefficient (Wildman–Crippen LogP) is 0.331. The Labute approximate surface area is 54.3 Å². The van der Waals surface area contributed by atoms with Gasteiger partial charge in [0.2, 0.25) is 0 Å². The summed E-state index contributed by atoms with van der Waals surface area (Å²) in [5, 5.41) is 10.8. The second kappa shape index (κ2) is 2.62. The lowest BCUT2D eigenvalue weighted by Gasteiger charge is -2.14. The molecule has 0 radical (unpaired) electrons. The average Bonchev–Trinajstić information content (AvgIpc) is 1.90. The van der Waals surface area contributed by atoms with Gasteiger partial charge in [-0.05, 0) is 12.1 Å². The minimum atomic E-state index is 0.121. The Balaban J connectivity index is 2.85. The molecule has 0 heterocycles. The molecule has 1 atom stereocenters. The predicted molar refractivity (Wildman–Crippen MR) is 36.4 cm³/mol. The average molecular weight is 123 g/mol. The van der Waals surface area contributed by atoms with Crippen LogP contribution in [0.5, 0.6) is 0 Å². The van der Waals surface area contributed by atoms with Gasteiger partial charge in [0.05, 0.1) is 7.05 Å². The van der Waals surface area contributed by atoms with Crippen LogP contribution in [0.3, 0.4) is 0 Å². The van der Waals surface area contributed by atoms with Crippen LogP contribution in [0.1, 0.15) is 0 Å². The summed E-state index contributed by atoms with van der Waals surface area (Å²) < 4.78 is 0. The molecule has 2 heteroatoms. The molecule has 0 aromatic heterocycles. The van der Waals surface area contributed by atoms with Gasteiger partial charge in [-0.3, -0.25) is 0 Å². The molecule has 1 unspecified atom stereocenters. The van der Waals surface area contributed by atoms with Gasteiger partial charge in [-0.15, -0.1) is 0 Å². The van der Waals surface area contributed by atoms with Crippen molar-refractivity contribution in [3.05, 3.63) is 35.5 Å². The first-order valence-corrected chi connectivity index (χ1v) is 2.86. The van der Waals surface area contributed by atoms with E-state index in [1.54, 1.807) is 7.05 Å². The van der Waals surface area contributed by atoms with Crippen molar-refractivity contribution in [1.29, 1.82) is 0 Å². The number of nitrogens with one attached hydrogen (secondary N) is 1. The lowest BCUT2D eigenvalue weighted by Crippen LogP contribution is -2.98. The normalized spacial score (nSPS) is 13.1. The maximum atomic E-state index is 10.6. The van der Waals surface area contributed by atoms with E-state index in [1.807, 2.05) is 30.3 Å². The molecule has 1 aromatic rings. The molecule has 48 valence electrons. The van der Waals surface area contributed by atoms with Gasteiger partial charge in [-0.25, -0.2) is 0 Å². The highest BCUT2D eigenvalue weighted by atomic mass is 16.5. The molecule has 0 aliphatic heterocycles. The standard InChI is InChI=1S/C7H9NO/c1-8(9)7-5-3-2-4-6-7/h2-6,8H,1H3. The van der Waals surface area contributed by atoms with Gasteiger partial charge < -0.3 is 10.3 Å². The Kier molecular flexibility index (Phi) is 1.82. The number of benzene rings is 1. The first-order chi connectivity index (χ1) is 4.30. The first kappa shape index (κ1) is 6.26. The van der Waals surface area contributed by atoms with E-state index in [1.165, 1.54) is 0 Å². The summed E-state index contributed by atoms with van der Waals surface area (Å²) in [4.78, 5) is 0. The molecule has 0 saturated carbocycles. The SMILES string of the molecule is C[NH+]([O-])c1ccccc1. The largest absolute Gasteiger partial charge is 0.629 e. The Hall–Kier alpha value is -0.860. The maximum Gasteiger partial charge on any atom is 0.130 e. The summed E-state index contributed by atoms with van der Waals surface area (Å²) in [7, 11) is 1.56. The molecule has 2 nitrogen and oxygen atoms in total. The number of hydrogen-bond acceptors (Lipinski definition) is 1. The smallest absolute Gasteiger partial charge is 0.130 e. The molecule has 0 aliphatic rings. The van der Waals surface area contributed by atoms with E-state index in [0.29, 0.717) is 0 Å². The monoisotopic (exact) mass is 123 g/mol. The Morgan fingerprint density at radius 3 is 2.11 bits per heavy atom. The summed E-state index contributed by atoms with van der Waals surface area (Å²) in [6.07, 6.45) is 0. The molecule has 9 heavy (non-hydrogen) atoms. The first-order valence-electron chi connectivity index (χ1n) is 2.86. The van der Waals surface area contributed by atoms with Crippen molar-refractivity contribution in [2.75, 3.05) is 7.05 Å². The highest BCUT2D eigenvalue weighted by Gasteiger charge is 1.89. The van der Waals surface area contributed by atoms with E-state index in [4.69, 9.17) is 0 Å². The summed E-state index contributed by atoms with van der Waals surface area (Å²) in [6.45, 7) is 0. The fourth-order valence-corrected chi connectivity index (χ4v) is 0.673. The molecule has 0 amide bonds. The number of quaternary nitrogens is 1. The third kappa shape index (κ3) is 1.52. The van der Waals surface area contributed by atoms with Gasteiger partial charge in [0.15, 0.2) is 0 Å². The van der Waals surface area contributed by atoms with Crippen LogP contribution in [0.15, 0.2) is 30.3 Å². The molecule has 0 fully saturated rings. The van der Waals surface area contributed by atoms with E-state index in [9.17, 15) is 5.21 Å². The quantitative estimate of drug-likeness (QED) is 0.535. The zero-order valence-corrected chi connectivity index (χ0v) is 5.29. The zero-order chi connectivity index (χ0) is 6.69. The zero-order valence-electron chi connectivity index (χ0n) is 5.29. The van der Waals surface area contributed by atoms with Crippen LogP contribution in [0.25, 0.3) is 0 Å². The van der Waals surface area contributed by atoms with E-state index in [0.717, 1.165) is 5.69 Å². The molecular weight excluding hydrogens is 114 g/mol. The summed E-state index contributed by atoms with van der Waals surface area (Å²) in [6, 6.07) is 9.23.